The van der Waals surface area contributed by atoms with E-state index in [9.17, 15) is 4.79 Å². The van der Waals surface area contributed by atoms with Crippen molar-refractivity contribution in [3.63, 3.8) is 0 Å². The van der Waals surface area contributed by atoms with Gasteiger partial charge in [-0.15, -0.1) is 0 Å². The van der Waals surface area contributed by atoms with Crippen molar-refractivity contribution in [1.82, 2.24) is 4.90 Å². The average Bonchev–Trinajstić information content (AvgIpc) is 2.64. The second-order valence-corrected chi connectivity index (χ2v) is 6.44. The van der Waals surface area contributed by atoms with Gasteiger partial charge in [-0.2, -0.15) is 0 Å². The van der Waals surface area contributed by atoms with E-state index in [4.69, 9.17) is 23.2 Å². The van der Waals surface area contributed by atoms with E-state index in [1.54, 1.807) is 18.2 Å². The lowest BCUT2D eigenvalue weighted by atomic mass is 10.0. The Bertz CT molecular complexity index is 476. The molecule has 2 nitrogen and oxygen atoms in total. The van der Waals surface area contributed by atoms with Crippen molar-refractivity contribution in [1.29, 1.82) is 0 Å². The van der Waals surface area contributed by atoms with Crippen LogP contribution >= 0.6 is 23.2 Å². The van der Waals surface area contributed by atoms with Gasteiger partial charge in [0.15, 0.2) is 5.78 Å². The van der Waals surface area contributed by atoms with Crippen LogP contribution in [0, 0.1) is 5.92 Å². The monoisotopic (exact) mass is 313 g/mol. The van der Waals surface area contributed by atoms with Gasteiger partial charge in [0.1, 0.15) is 0 Å². The van der Waals surface area contributed by atoms with E-state index < -0.39 is 0 Å². The van der Waals surface area contributed by atoms with Gasteiger partial charge in [-0.05, 0) is 50.4 Å². The Labute approximate surface area is 131 Å². The van der Waals surface area contributed by atoms with Gasteiger partial charge in [-0.25, -0.2) is 0 Å². The van der Waals surface area contributed by atoms with E-state index in [1.807, 2.05) is 0 Å². The summed E-state index contributed by atoms with van der Waals surface area (Å²) >= 11 is 12.0. The van der Waals surface area contributed by atoms with Gasteiger partial charge in [-0.3, -0.25) is 4.79 Å². The van der Waals surface area contributed by atoms with Crippen molar-refractivity contribution in [2.75, 3.05) is 19.6 Å². The van der Waals surface area contributed by atoms with Crippen LogP contribution < -0.4 is 0 Å². The van der Waals surface area contributed by atoms with Gasteiger partial charge >= 0.3 is 0 Å². The third-order valence-electron chi connectivity index (χ3n) is 4.02. The molecule has 1 aliphatic heterocycles. The quantitative estimate of drug-likeness (QED) is 0.752. The van der Waals surface area contributed by atoms with Crippen LogP contribution in [0.3, 0.4) is 0 Å². The Balaban J connectivity index is 1.90. The number of ketones is 1. The summed E-state index contributed by atoms with van der Waals surface area (Å²) in [6.07, 6.45) is 4.26. The molecule has 0 amide bonds. The molecule has 20 heavy (non-hydrogen) atoms. The van der Waals surface area contributed by atoms with E-state index in [2.05, 4.69) is 11.8 Å². The summed E-state index contributed by atoms with van der Waals surface area (Å²) in [5.41, 5.74) is 0.544. The van der Waals surface area contributed by atoms with Crippen molar-refractivity contribution in [2.45, 2.75) is 32.6 Å². The predicted octanol–water partition coefficient (Wildman–Crippen LogP) is 4.69. The summed E-state index contributed by atoms with van der Waals surface area (Å²) in [6.45, 7) is 5.31. The van der Waals surface area contributed by atoms with Crippen LogP contribution in [-0.2, 0) is 0 Å². The Kier molecular flexibility index (Phi) is 5.88. The summed E-state index contributed by atoms with van der Waals surface area (Å²) in [6, 6.07) is 5.23. The van der Waals surface area contributed by atoms with Crippen LogP contribution in [0.2, 0.25) is 10.0 Å². The fourth-order valence-corrected chi connectivity index (χ4v) is 3.07. The summed E-state index contributed by atoms with van der Waals surface area (Å²) in [4.78, 5) is 14.6. The Morgan fingerprint density at radius 3 is 2.90 bits per heavy atom. The molecule has 4 heteroatoms. The fourth-order valence-electron chi connectivity index (χ4n) is 2.66. The summed E-state index contributed by atoms with van der Waals surface area (Å²) in [5, 5.41) is 0.824. The molecule has 0 aromatic heterocycles. The van der Waals surface area contributed by atoms with Crippen molar-refractivity contribution >= 4 is 29.0 Å². The highest BCUT2D eigenvalue weighted by Gasteiger charge is 2.17. The molecule has 0 N–H and O–H groups in total. The molecule has 0 bridgehead atoms. The molecular formula is C16H21Cl2NO. The minimum atomic E-state index is 0.0785. The van der Waals surface area contributed by atoms with Crippen molar-refractivity contribution in [3.05, 3.63) is 33.8 Å². The lowest BCUT2D eigenvalue weighted by molar-refractivity contribution is 0.0965. The Morgan fingerprint density at radius 2 is 2.10 bits per heavy atom. The summed E-state index contributed by atoms with van der Waals surface area (Å²) < 4.78 is 0. The zero-order valence-corrected chi connectivity index (χ0v) is 13.4. The molecule has 1 aromatic rings. The first-order chi connectivity index (χ1) is 9.58. The lowest BCUT2D eigenvalue weighted by Gasteiger charge is -2.19. The molecule has 1 aliphatic rings. The van der Waals surface area contributed by atoms with Crippen LogP contribution in [0.1, 0.15) is 43.0 Å². The van der Waals surface area contributed by atoms with Gasteiger partial charge in [0.2, 0.25) is 0 Å². The molecule has 110 valence electrons. The molecule has 1 unspecified atom stereocenters. The van der Waals surface area contributed by atoms with Gasteiger partial charge in [0.25, 0.3) is 0 Å². The second-order valence-electron chi connectivity index (χ2n) is 5.65. The highest BCUT2D eigenvalue weighted by atomic mass is 35.5. The molecular weight excluding hydrogens is 293 g/mol. The lowest BCUT2D eigenvalue weighted by Crippen LogP contribution is -2.27. The van der Waals surface area contributed by atoms with Crippen molar-refractivity contribution < 1.29 is 4.79 Å². The molecule has 1 atom stereocenters. The first-order valence-corrected chi connectivity index (χ1v) is 8.03. The van der Waals surface area contributed by atoms with E-state index in [0.717, 1.165) is 25.6 Å². The molecule has 0 radical (unpaired) electrons. The highest BCUT2D eigenvalue weighted by molar-refractivity contribution is 6.43. The number of Topliss-reactive ketones (excluding diaryl/α,β-unsaturated/α-hetero) is 1. The van der Waals surface area contributed by atoms with Crippen molar-refractivity contribution in [3.8, 4) is 0 Å². The minimum absolute atomic E-state index is 0.0785. The molecule has 1 heterocycles. The number of likely N-dealkylation sites (tertiary alicyclic amines) is 1. The minimum Gasteiger partial charge on any atom is -0.303 e. The number of hydrogen-bond donors (Lipinski definition) is 0. The number of hydrogen-bond acceptors (Lipinski definition) is 2. The van der Waals surface area contributed by atoms with Crippen LogP contribution in [0.5, 0.6) is 0 Å². The van der Waals surface area contributed by atoms with E-state index in [-0.39, 0.29) is 5.78 Å². The highest BCUT2D eigenvalue weighted by Crippen LogP contribution is 2.26. The zero-order chi connectivity index (χ0) is 14.5. The topological polar surface area (TPSA) is 20.3 Å². The second kappa shape index (κ2) is 7.44. The first-order valence-electron chi connectivity index (χ1n) is 7.27. The Hall–Kier alpha value is -0.570. The summed E-state index contributed by atoms with van der Waals surface area (Å²) in [5.74, 6) is 0.882. The standard InChI is InChI=1S/C16H21Cl2NO/c1-12-4-3-9-19(10-7-12)11-8-15(20)13-5-2-6-14(17)16(13)18/h2,5-6,12H,3-4,7-11H2,1H3. The smallest absolute Gasteiger partial charge is 0.165 e. The molecule has 0 spiro atoms. The summed E-state index contributed by atoms with van der Waals surface area (Å²) in [7, 11) is 0. The van der Waals surface area contributed by atoms with Gasteiger partial charge < -0.3 is 4.90 Å². The Morgan fingerprint density at radius 1 is 1.30 bits per heavy atom. The van der Waals surface area contributed by atoms with Crippen LogP contribution in [-0.4, -0.2) is 30.3 Å². The van der Waals surface area contributed by atoms with Crippen molar-refractivity contribution in [2.24, 2.45) is 5.92 Å². The van der Waals surface area contributed by atoms with E-state index in [1.165, 1.54) is 19.3 Å². The SMILES string of the molecule is CC1CCCN(CCC(=O)c2cccc(Cl)c2Cl)CC1. The van der Waals surface area contributed by atoms with Gasteiger partial charge in [0.05, 0.1) is 10.0 Å². The number of carbonyl (C=O) groups excluding carboxylic acids is 1. The molecule has 2 rings (SSSR count). The third-order valence-corrected chi connectivity index (χ3v) is 4.84. The molecule has 1 saturated heterocycles. The molecule has 1 aromatic carbocycles. The predicted molar refractivity (Wildman–Crippen MR) is 84.9 cm³/mol. The maximum absolute atomic E-state index is 12.2. The number of carbonyl (C=O) groups is 1. The normalized spacial score (nSPS) is 20.6. The number of nitrogens with zero attached hydrogens (tertiary/aromatic N) is 1. The molecule has 1 fully saturated rings. The van der Waals surface area contributed by atoms with Crippen LogP contribution in [0.4, 0.5) is 0 Å². The number of halogens is 2. The largest absolute Gasteiger partial charge is 0.303 e. The van der Waals surface area contributed by atoms with E-state index >= 15 is 0 Å². The number of benzene rings is 1. The molecule has 0 saturated carbocycles. The van der Waals surface area contributed by atoms with Gasteiger partial charge in [-0.1, -0.05) is 36.2 Å². The molecule has 0 aliphatic carbocycles. The average molecular weight is 314 g/mol. The maximum Gasteiger partial charge on any atom is 0.165 e. The zero-order valence-electron chi connectivity index (χ0n) is 11.9. The first kappa shape index (κ1) is 15.8. The van der Waals surface area contributed by atoms with Crippen LogP contribution in [0.15, 0.2) is 18.2 Å². The fraction of sp³-hybridized carbons (Fsp3) is 0.562. The van der Waals surface area contributed by atoms with Crippen LogP contribution in [0.25, 0.3) is 0 Å². The number of rotatable bonds is 4. The maximum atomic E-state index is 12.2. The third kappa shape index (κ3) is 4.21. The van der Waals surface area contributed by atoms with E-state index in [0.29, 0.717) is 22.0 Å². The van der Waals surface area contributed by atoms with Gasteiger partial charge in [0, 0.05) is 18.5 Å².